The number of hydrogen-bond acceptors (Lipinski definition) is 7. The first kappa shape index (κ1) is 18.9. The summed E-state index contributed by atoms with van der Waals surface area (Å²) in [5.41, 5.74) is 2.02. The van der Waals surface area contributed by atoms with Crippen LogP contribution in [-0.4, -0.2) is 43.2 Å². The van der Waals surface area contributed by atoms with Gasteiger partial charge in [0.25, 0.3) is 0 Å². The van der Waals surface area contributed by atoms with Gasteiger partial charge in [0, 0.05) is 25.9 Å². The fraction of sp³-hybridized carbons (Fsp3) is 0.200. The third-order valence-corrected chi connectivity index (χ3v) is 4.50. The molecule has 8 heteroatoms. The highest BCUT2D eigenvalue weighted by Crippen LogP contribution is 2.40. The summed E-state index contributed by atoms with van der Waals surface area (Å²) >= 11 is 0. The number of anilines is 2. The summed E-state index contributed by atoms with van der Waals surface area (Å²) in [4.78, 5) is 42.1. The summed E-state index contributed by atoms with van der Waals surface area (Å²) in [6, 6.07) is 10.8. The lowest BCUT2D eigenvalue weighted by atomic mass is 10.2. The van der Waals surface area contributed by atoms with Crippen molar-refractivity contribution in [3.8, 4) is 6.07 Å². The zero-order chi connectivity index (χ0) is 20.4. The van der Waals surface area contributed by atoms with E-state index < -0.39 is 18.4 Å². The van der Waals surface area contributed by atoms with Crippen molar-refractivity contribution in [3.63, 3.8) is 0 Å². The molecule has 2 aromatic rings. The van der Waals surface area contributed by atoms with Crippen LogP contribution in [0.3, 0.4) is 0 Å². The van der Waals surface area contributed by atoms with Gasteiger partial charge in [-0.2, -0.15) is 5.26 Å². The van der Waals surface area contributed by atoms with Crippen molar-refractivity contribution in [1.82, 2.24) is 4.98 Å². The van der Waals surface area contributed by atoms with Crippen LogP contribution in [0, 0.1) is 11.3 Å². The molecule has 0 fully saturated rings. The number of H-pyrrole nitrogens is 1. The van der Waals surface area contributed by atoms with Crippen LogP contribution in [0.15, 0.2) is 47.9 Å². The average molecular weight is 378 g/mol. The highest BCUT2D eigenvalue weighted by atomic mass is 16.5. The SMILES string of the molecule is CC(=O)c1c[nH]c(C(=O)OCC(=O)C(C#N)=C2N(C)c3ccccc3N2C)c1. The molecule has 1 aromatic heterocycles. The Labute approximate surface area is 161 Å². The van der Waals surface area contributed by atoms with E-state index in [1.807, 2.05) is 30.3 Å². The predicted molar refractivity (Wildman–Crippen MR) is 102 cm³/mol. The molecule has 1 aromatic carbocycles. The van der Waals surface area contributed by atoms with Gasteiger partial charge in [-0.05, 0) is 25.1 Å². The van der Waals surface area contributed by atoms with Crippen LogP contribution in [0.5, 0.6) is 0 Å². The van der Waals surface area contributed by atoms with E-state index >= 15 is 0 Å². The molecule has 142 valence electrons. The topological polar surface area (TPSA) is 106 Å². The van der Waals surface area contributed by atoms with E-state index in [0.717, 1.165) is 11.4 Å². The number of para-hydroxylation sites is 2. The first-order valence-corrected chi connectivity index (χ1v) is 8.45. The number of nitriles is 1. The summed E-state index contributed by atoms with van der Waals surface area (Å²) in [6.45, 7) is 0.789. The lowest BCUT2D eigenvalue weighted by Crippen LogP contribution is -2.27. The third-order valence-electron chi connectivity index (χ3n) is 4.50. The molecule has 2 heterocycles. The minimum absolute atomic E-state index is 0.0617. The maximum absolute atomic E-state index is 12.6. The first-order chi connectivity index (χ1) is 13.3. The number of nitrogens with one attached hydrogen (secondary N) is 1. The molecule has 0 radical (unpaired) electrons. The Kier molecular flexibility index (Phi) is 5.00. The van der Waals surface area contributed by atoms with E-state index in [-0.39, 0.29) is 17.1 Å². The van der Waals surface area contributed by atoms with Crippen molar-refractivity contribution >= 4 is 28.9 Å². The number of rotatable bonds is 5. The monoisotopic (exact) mass is 378 g/mol. The number of carbonyl (C=O) groups excluding carboxylic acids is 3. The van der Waals surface area contributed by atoms with Crippen molar-refractivity contribution in [2.45, 2.75) is 6.92 Å². The Morgan fingerprint density at radius 1 is 1.14 bits per heavy atom. The van der Waals surface area contributed by atoms with E-state index in [1.54, 1.807) is 23.9 Å². The second-order valence-corrected chi connectivity index (χ2v) is 6.27. The number of fused-ring (bicyclic) bond motifs is 1. The maximum atomic E-state index is 12.6. The predicted octanol–water partition coefficient (Wildman–Crippen LogP) is 2.26. The van der Waals surface area contributed by atoms with Gasteiger partial charge < -0.3 is 19.5 Å². The normalized spacial score (nSPS) is 12.4. The van der Waals surface area contributed by atoms with Crippen LogP contribution in [0.1, 0.15) is 27.8 Å². The molecular weight excluding hydrogens is 360 g/mol. The van der Waals surface area contributed by atoms with Crippen LogP contribution >= 0.6 is 0 Å². The van der Waals surface area contributed by atoms with Crippen molar-refractivity contribution in [1.29, 1.82) is 5.26 Å². The molecule has 1 aliphatic heterocycles. The van der Waals surface area contributed by atoms with Crippen molar-refractivity contribution < 1.29 is 19.1 Å². The Morgan fingerprint density at radius 3 is 2.25 bits per heavy atom. The lowest BCUT2D eigenvalue weighted by molar-refractivity contribution is -0.118. The van der Waals surface area contributed by atoms with Gasteiger partial charge in [0.15, 0.2) is 12.4 Å². The highest BCUT2D eigenvalue weighted by Gasteiger charge is 2.31. The summed E-state index contributed by atoms with van der Waals surface area (Å²) < 4.78 is 5.02. The fourth-order valence-corrected chi connectivity index (χ4v) is 3.05. The zero-order valence-electron chi connectivity index (χ0n) is 15.6. The van der Waals surface area contributed by atoms with Gasteiger partial charge in [0.05, 0.1) is 11.4 Å². The van der Waals surface area contributed by atoms with Gasteiger partial charge in [-0.25, -0.2) is 4.79 Å². The molecule has 3 rings (SSSR count). The molecule has 0 aliphatic carbocycles. The smallest absolute Gasteiger partial charge is 0.355 e. The molecule has 8 nitrogen and oxygen atoms in total. The van der Waals surface area contributed by atoms with Gasteiger partial charge in [-0.15, -0.1) is 0 Å². The Balaban J connectivity index is 1.77. The summed E-state index contributed by atoms with van der Waals surface area (Å²) in [7, 11) is 3.52. The summed E-state index contributed by atoms with van der Waals surface area (Å²) in [5, 5.41) is 9.55. The Morgan fingerprint density at radius 2 is 1.75 bits per heavy atom. The number of nitrogens with zero attached hydrogens (tertiary/aromatic N) is 3. The van der Waals surface area contributed by atoms with Gasteiger partial charge in [0.1, 0.15) is 23.2 Å². The number of esters is 1. The third kappa shape index (κ3) is 3.25. The van der Waals surface area contributed by atoms with Crippen molar-refractivity contribution in [2.75, 3.05) is 30.5 Å². The first-order valence-electron chi connectivity index (χ1n) is 8.45. The quantitative estimate of drug-likeness (QED) is 0.368. The molecule has 1 aliphatic rings. The van der Waals surface area contributed by atoms with Gasteiger partial charge in [0.2, 0.25) is 5.78 Å². The lowest BCUT2D eigenvalue weighted by Gasteiger charge is -2.19. The van der Waals surface area contributed by atoms with Gasteiger partial charge in [-0.3, -0.25) is 9.59 Å². The fourth-order valence-electron chi connectivity index (χ4n) is 3.05. The maximum Gasteiger partial charge on any atom is 0.355 e. The Hall–Kier alpha value is -3.86. The molecule has 0 amide bonds. The van der Waals surface area contributed by atoms with Crippen molar-refractivity contribution in [2.24, 2.45) is 0 Å². The molecule has 0 unspecified atom stereocenters. The average Bonchev–Trinajstić information content (AvgIpc) is 3.27. The minimum Gasteiger partial charge on any atom is -0.453 e. The van der Waals surface area contributed by atoms with Gasteiger partial charge >= 0.3 is 5.97 Å². The molecule has 0 spiro atoms. The number of Topliss-reactive ketones (excluding diaryl/α,β-unsaturated/α-hetero) is 2. The summed E-state index contributed by atoms with van der Waals surface area (Å²) in [6.07, 6.45) is 1.39. The molecule has 0 saturated carbocycles. The second kappa shape index (κ2) is 7.40. The highest BCUT2D eigenvalue weighted by molar-refractivity contribution is 6.04. The molecule has 1 N–H and O–H groups in total. The molecule has 0 bridgehead atoms. The molecule has 0 saturated heterocycles. The number of ether oxygens (including phenoxy) is 1. The van der Waals surface area contributed by atoms with Crippen LogP contribution in [-0.2, 0) is 9.53 Å². The molecule has 0 atom stereocenters. The number of benzene rings is 1. The number of ketones is 2. The van der Waals surface area contributed by atoms with Crippen LogP contribution in [0.4, 0.5) is 11.4 Å². The van der Waals surface area contributed by atoms with Gasteiger partial charge in [-0.1, -0.05) is 12.1 Å². The zero-order valence-corrected chi connectivity index (χ0v) is 15.6. The summed E-state index contributed by atoms with van der Waals surface area (Å²) in [5.74, 6) is -1.17. The van der Waals surface area contributed by atoms with E-state index in [2.05, 4.69) is 4.98 Å². The van der Waals surface area contributed by atoms with E-state index in [4.69, 9.17) is 4.74 Å². The van der Waals surface area contributed by atoms with Crippen LogP contribution in [0.25, 0.3) is 0 Å². The van der Waals surface area contributed by atoms with E-state index in [9.17, 15) is 19.6 Å². The number of hydrogen-bond donors (Lipinski definition) is 1. The number of carbonyl (C=O) groups is 3. The molecular formula is C20H18N4O4. The van der Waals surface area contributed by atoms with Crippen molar-refractivity contribution in [3.05, 3.63) is 59.2 Å². The van der Waals surface area contributed by atoms with E-state index in [1.165, 1.54) is 19.2 Å². The largest absolute Gasteiger partial charge is 0.453 e. The Bertz CT molecular complexity index is 1010. The standard InChI is InChI=1S/C20H18N4O4/c1-12(25)13-8-15(22-10-13)20(27)28-11-18(26)14(9-21)19-23(2)16-6-4-5-7-17(16)24(19)3/h4-8,10,22H,11H2,1-3H3. The van der Waals surface area contributed by atoms with E-state index in [0.29, 0.717) is 11.4 Å². The van der Waals surface area contributed by atoms with Crippen LogP contribution < -0.4 is 9.80 Å². The number of aromatic amines is 1. The second-order valence-electron chi connectivity index (χ2n) is 6.27. The minimum atomic E-state index is -0.778. The molecule has 28 heavy (non-hydrogen) atoms. The van der Waals surface area contributed by atoms with Crippen LogP contribution in [0.2, 0.25) is 0 Å². The number of aromatic nitrogens is 1.